The summed E-state index contributed by atoms with van der Waals surface area (Å²) < 4.78 is 0. The van der Waals surface area contributed by atoms with E-state index in [9.17, 15) is 4.79 Å². The van der Waals surface area contributed by atoms with Crippen LogP contribution < -0.4 is 11.1 Å². The van der Waals surface area contributed by atoms with Crippen LogP contribution in [0, 0.1) is 11.8 Å². The first-order valence-corrected chi connectivity index (χ1v) is 5.54. The number of hydrogen-bond donors (Lipinski definition) is 2. The van der Waals surface area contributed by atoms with Crippen molar-refractivity contribution in [3.05, 3.63) is 24.5 Å². The number of rotatable bonds is 5. The van der Waals surface area contributed by atoms with E-state index in [2.05, 4.69) is 24.1 Å². The molecule has 1 amide bonds. The van der Waals surface area contributed by atoms with Crippen molar-refractivity contribution in [3.63, 3.8) is 0 Å². The molecular weight excluding hydrogens is 202 g/mol. The molecule has 88 valence electrons. The van der Waals surface area contributed by atoms with Gasteiger partial charge in [-0.1, -0.05) is 13.8 Å². The van der Waals surface area contributed by atoms with Gasteiger partial charge in [0, 0.05) is 24.6 Å². The van der Waals surface area contributed by atoms with Gasteiger partial charge in [0.25, 0.3) is 0 Å². The van der Waals surface area contributed by atoms with Crippen LogP contribution in [0.1, 0.15) is 20.3 Å². The Bertz CT molecular complexity index is 324. The summed E-state index contributed by atoms with van der Waals surface area (Å²) in [7, 11) is 0. The predicted octanol–water partition coefficient (Wildman–Crippen LogP) is 1.64. The number of anilines is 1. The van der Waals surface area contributed by atoms with Crippen LogP contribution in [0.2, 0.25) is 0 Å². The summed E-state index contributed by atoms with van der Waals surface area (Å²) in [6.45, 7) is 4.56. The van der Waals surface area contributed by atoms with E-state index in [1.807, 2.05) is 0 Å². The quantitative estimate of drug-likeness (QED) is 0.794. The van der Waals surface area contributed by atoms with Crippen molar-refractivity contribution < 1.29 is 4.79 Å². The lowest BCUT2D eigenvalue weighted by atomic mass is 9.96. The number of aromatic nitrogens is 1. The minimum absolute atomic E-state index is 0.0117. The Kier molecular flexibility index (Phi) is 4.92. The molecule has 0 bridgehead atoms. The standard InChI is InChI=1S/C12H19N3O/c1-9(2)7-10(8-13)12(16)15-11-3-5-14-6-4-11/h3-6,9-10H,7-8,13H2,1-2H3,(H,14,15,16). The van der Waals surface area contributed by atoms with Crippen LogP contribution in [0.25, 0.3) is 0 Å². The van der Waals surface area contributed by atoms with E-state index in [-0.39, 0.29) is 11.8 Å². The smallest absolute Gasteiger partial charge is 0.228 e. The Morgan fingerprint density at radius 3 is 2.56 bits per heavy atom. The number of carbonyl (C=O) groups excluding carboxylic acids is 1. The minimum atomic E-state index is -0.117. The van der Waals surface area contributed by atoms with Crippen LogP contribution in [0.15, 0.2) is 24.5 Å². The largest absolute Gasteiger partial charge is 0.330 e. The van der Waals surface area contributed by atoms with E-state index in [0.29, 0.717) is 12.5 Å². The number of pyridine rings is 1. The third kappa shape index (κ3) is 3.98. The average Bonchev–Trinajstić information content (AvgIpc) is 2.26. The normalized spacial score (nSPS) is 12.5. The van der Waals surface area contributed by atoms with Gasteiger partial charge in [-0.3, -0.25) is 9.78 Å². The molecule has 1 aromatic heterocycles. The highest BCUT2D eigenvalue weighted by atomic mass is 16.1. The molecule has 3 N–H and O–H groups in total. The van der Waals surface area contributed by atoms with Crippen LogP contribution in [0.3, 0.4) is 0 Å². The molecule has 16 heavy (non-hydrogen) atoms. The molecule has 1 atom stereocenters. The molecule has 1 heterocycles. The Morgan fingerprint density at radius 2 is 2.06 bits per heavy atom. The summed E-state index contributed by atoms with van der Waals surface area (Å²) >= 11 is 0. The third-order valence-corrected chi connectivity index (χ3v) is 2.36. The second-order valence-electron chi connectivity index (χ2n) is 4.29. The molecule has 0 saturated carbocycles. The molecule has 0 aliphatic carbocycles. The van der Waals surface area contributed by atoms with Crippen molar-refractivity contribution in [3.8, 4) is 0 Å². The van der Waals surface area contributed by atoms with Crippen LogP contribution in [0.4, 0.5) is 5.69 Å². The number of carbonyl (C=O) groups is 1. The van der Waals surface area contributed by atoms with Gasteiger partial charge in [0.1, 0.15) is 0 Å². The maximum atomic E-state index is 11.9. The number of nitrogens with two attached hydrogens (primary N) is 1. The number of hydrogen-bond acceptors (Lipinski definition) is 3. The number of nitrogens with one attached hydrogen (secondary N) is 1. The van der Waals surface area contributed by atoms with E-state index < -0.39 is 0 Å². The molecule has 4 heteroatoms. The van der Waals surface area contributed by atoms with Crippen LogP contribution in [-0.4, -0.2) is 17.4 Å². The van der Waals surface area contributed by atoms with Crippen molar-refractivity contribution in [1.29, 1.82) is 0 Å². The molecule has 0 aliphatic heterocycles. The molecule has 0 radical (unpaired) electrons. The second-order valence-corrected chi connectivity index (χ2v) is 4.29. The van der Waals surface area contributed by atoms with Gasteiger partial charge in [0.2, 0.25) is 5.91 Å². The van der Waals surface area contributed by atoms with E-state index in [1.165, 1.54) is 0 Å². The summed E-state index contributed by atoms with van der Waals surface area (Å²) in [5, 5.41) is 2.84. The lowest BCUT2D eigenvalue weighted by Gasteiger charge is -2.16. The fraction of sp³-hybridized carbons (Fsp3) is 0.500. The lowest BCUT2D eigenvalue weighted by molar-refractivity contribution is -0.120. The van der Waals surface area contributed by atoms with Gasteiger partial charge in [-0.25, -0.2) is 0 Å². The first-order chi connectivity index (χ1) is 7.63. The van der Waals surface area contributed by atoms with Gasteiger partial charge < -0.3 is 11.1 Å². The average molecular weight is 221 g/mol. The van der Waals surface area contributed by atoms with Crippen molar-refractivity contribution >= 4 is 11.6 Å². The summed E-state index contributed by atoms with van der Waals surface area (Å²) in [4.78, 5) is 15.8. The Morgan fingerprint density at radius 1 is 1.44 bits per heavy atom. The van der Waals surface area contributed by atoms with E-state index in [0.717, 1.165) is 12.1 Å². The molecule has 0 fully saturated rings. The molecule has 1 aromatic rings. The highest BCUT2D eigenvalue weighted by molar-refractivity contribution is 5.92. The van der Waals surface area contributed by atoms with Gasteiger partial charge in [-0.05, 0) is 24.5 Å². The summed E-state index contributed by atoms with van der Waals surface area (Å²) in [6, 6.07) is 3.53. The van der Waals surface area contributed by atoms with Gasteiger partial charge in [0.15, 0.2) is 0 Å². The zero-order valence-electron chi connectivity index (χ0n) is 9.81. The fourth-order valence-corrected chi connectivity index (χ4v) is 1.56. The SMILES string of the molecule is CC(C)CC(CN)C(=O)Nc1ccncc1. The molecule has 1 rings (SSSR count). The fourth-order valence-electron chi connectivity index (χ4n) is 1.56. The maximum Gasteiger partial charge on any atom is 0.228 e. The van der Waals surface area contributed by atoms with E-state index >= 15 is 0 Å². The number of nitrogens with zero attached hydrogens (tertiary/aromatic N) is 1. The van der Waals surface area contributed by atoms with E-state index in [4.69, 9.17) is 5.73 Å². The van der Waals surface area contributed by atoms with Crippen LogP contribution in [-0.2, 0) is 4.79 Å². The van der Waals surface area contributed by atoms with Gasteiger partial charge in [-0.15, -0.1) is 0 Å². The van der Waals surface area contributed by atoms with E-state index in [1.54, 1.807) is 24.5 Å². The third-order valence-electron chi connectivity index (χ3n) is 2.36. The zero-order valence-corrected chi connectivity index (χ0v) is 9.81. The molecule has 4 nitrogen and oxygen atoms in total. The molecule has 0 aliphatic rings. The maximum absolute atomic E-state index is 11.9. The second kappa shape index (κ2) is 6.23. The predicted molar refractivity (Wildman–Crippen MR) is 64.9 cm³/mol. The van der Waals surface area contributed by atoms with Gasteiger partial charge in [-0.2, -0.15) is 0 Å². The van der Waals surface area contributed by atoms with Crippen molar-refractivity contribution in [2.45, 2.75) is 20.3 Å². The van der Waals surface area contributed by atoms with Crippen molar-refractivity contribution in [2.75, 3.05) is 11.9 Å². The van der Waals surface area contributed by atoms with Gasteiger partial charge in [0.05, 0.1) is 5.92 Å². The first-order valence-electron chi connectivity index (χ1n) is 5.54. The highest BCUT2D eigenvalue weighted by Crippen LogP contribution is 2.13. The van der Waals surface area contributed by atoms with Crippen molar-refractivity contribution in [2.24, 2.45) is 17.6 Å². The molecule has 1 unspecified atom stereocenters. The topological polar surface area (TPSA) is 68.0 Å². The Balaban J connectivity index is 2.56. The summed E-state index contributed by atoms with van der Waals surface area (Å²) in [6.07, 6.45) is 4.11. The van der Waals surface area contributed by atoms with Crippen molar-refractivity contribution in [1.82, 2.24) is 4.98 Å². The molecule has 0 aromatic carbocycles. The Hall–Kier alpha value is -1.42. The molecule has 0 saturated heterocycles. The summed E-state index contributed by atoms with van der Waals surface area (Å²) in [5.41, 5.74) is 6.37. The molecule has 0 spiro atoms. The molecular formula is C12H19N3O. The minimum Gasteiger partial charge on any atom is -0.330 e. The monoisotopic (exact) mass is 221 g/mol. The number of amides is 1. The van der Waals surface area contributed by atoms with Gasteiger partial charge >= 0.3 is 0 Å². The van der Waals surface area contributed by atoms with Crippen LogP contribution >= 0.6 is 0 Å². The zero-order chi connectivity index (χ0) is 12.0. The highest BCUT2D eigenvalue weighted by Gasteiger charge is 2.17. The summed E-state index contributed by atoms with van der Waals surface area (Å²) in [5.74, 6) is 0.340. The van der Waals surface area contributed by atoms with Crippen LogP contribution in [0.5, 0.6) is 0 Å². The lowest BCUT2D eigenvalue weighted by Crippen LogP contribution is -2.30. The Labute approximate surface area is 96.3 Å². The first kappa shape index (κ1) is 12.6.